The maximum atomic E-state index is 12.5. The van der Waals surface area contributed by atoms with Crippen molar-refractivity contribution in [3.63, 3.8) is 0 Å². The summed E-state index contributed by atoms with van der Waals surface area (Å²) in [6.45, 7) is 2.72. The highest BCUT2D eigenvalue weighted by Gasteiger charge is 2.33. The number of hydrogen-bond donors (Lipinski definition) is 1. The lowest BCUT2D eigenvalue weighted by Crippen LogP contribution is -2.39. The lowest BCUT2D eigenvalue weighted by atomic mass is 10.4. The van der Waals surface area contributed by atoms with Crippen molar-refractivity contribution in [3.05, 3.63) is 11.8 Å². The molecule has 1 heterocycles. The molecule has 0 aromatic carbocycles. The van der Waals surface area contributed by atoms with Gasteiger partial charge in [-0.3, -0.25) is 4.79 Å². The minimum absolute atomic E-state index is 0.102. The fraction of sp³-hybridized carbons (Fsp3) is 0.583. The van der Waals surface area contributed by atoms with Crippen LogP contribution in [0.15, 0.2) is 6.07 Å². The van der Waals surface area contributed by atoms with Crippen LogP contribution in [0.2, 0.25) is 0 Å². The monoisotopic (exact) mass is 307 g/mol. The van der Waals surface area contributed by atoms with E-state index >= 15 is 0 Å². The molecule has 0 spiro atoms. The van der Waals surface area contributed by atoms with Crippen molar-refractivity contribution < 1.29 is 27.8 Å². The van der Waals surface area contributed by atoms with E-state index in [-0.39, 0.29) is 17.9 Å². The SMILES string of the molecule is Cc1cc(OC(C)C)nc(N(CC(=O)O)CC(F)(F)F)n1. The van der Waals surface area contributed by atoms with E-state index in [9.17, 15) is 18.0 Å². The van der Waals surface area contributed by atoms with Gasteiger partial charge in [-0.25, -0.2) is 4.98 Å². The summed E-state index contributed by atoms with van der Waals surface area (Å²) in [4.78, 5) is 19.0. The van der Waals surface area contributed by atoms with Crippen molar-refractivity contribution in [2.24, 2.45) is 0 Å². The van der Waals surface area contributed by atoms with Gasteiger partial charge in [-0.1, -0.05) is 0 Å². The number of ether oxygens (including phenoxy) is 1. The lowest BCUT2D eigenvalue weighted by Gasteiger charge is -2.23. The molecule has 0 saturated heterocycles. The van der Waals surface area contributed by atoms with Crippen LogP contribution in [0.1, 0.15) is 19.5 Å². The smallest absolute Gasteiger partial charge is 0.406 e. The number of nitrogens with zero attached hydrogens (tertiary/aromatic N) is 3. The van der Waals surface area contributed by atoms with Gasteiger partial charge in [0.15, 0.2) is 0 Å². The Balaban J connectivity index is 3.10. The van der Waals surface area contributed by atoms with Crippen LogP contribution in [0.25, 0.3) is 0 Å². The molecule has 1 aromatic heterocycles. The summed E-state index contributed by atoms with van der Waals surface area (Å²) in [6, 6.07) is 1.47. The Labute approximate surface area is 119 Å². The number of aryl methyl sites for hydroxylation is 1. The Bertz CT molecular complexity index is 506. The first-order valence-corrected chi connectivity index (χ1v) is 6.12. The Morgan fingerprint density at radius 3 is 2.52 bits per heavy atom. The molecule has 0 unspecified atom stereocenters. The molecule has 6 nitrogen and oxygen atoms in total. The quantitative estimate of drug-likeness (QED) is 0.866. The van der Waals surface area contributed by atoms with Crippen molar-refractivity contribution in [2.45, 2.75) is 33.1 Å². The third kappa shape index (κ3) is 6.28. The number of carboxylic acids is 1. The normalized spacial score (nSPS) is 11.6. The number of rotatable bonds is 6. The first-order chi connectivity index (χ1) is 9.56. The third-order valence-electron chi connectivity index (χ3n) is 2.15. The molecule has 0 saturated carbocycles. The largest absolute Gasteiger partial charge is 0.480 e. The van der Waals surface area contributed by atoms with Gasteiger partial charge < -0.3 is 14.7 Å². The van der Waals surface area contributed by atoms with Gasteiger partial charge in [0.25, 0.3) is 0 Å². The topological polar surface area (TPSA) is 75.5 Å². The van der Waals surface area contributed by atoms with Crippen molar-refractivity contribution in [2.75, 3.05) is 18.0 Å². The Kier molecular flexibility index (Phi) is 5.34. The lowest BCUT2D eigenvalue weighted by molar-refractivity contribution is -0.136. The second kappa shape index (κ2) is 6.59. The molecule has 0 bridgehead atoms. The summed E-state index contributed by atoms with van der Waals surface area (Å²) in [5.41, 5.74) is 0.383. The van der Waals surface area contributed by atoms with Gasteiger partial charge >= 0.3 is 12.1 Å². The minimum atomic E-state index is -4.57. The second-order valence-electron chi connectivity index (χ2n) is 4.68. The number of alkyl halides is 3. The number of hydrogen-bond acceptors (Lipinski definition) is 5. The van der Waals surface area contributed by atoms with Crippen molar-refractivity contribution in [3.8, 4) is 5.88 Å². The average Bonchev–Trinajstić information content (AvgIpc) is 2.23. The van der Waals surface area contributed by atoms with Crippen LogP contribution in [0.3, 0.4) is 0 Å². The summed E-state index contributed by atoms with van der Waals surface area (Å²) in [7, 11) is 0. The molecule has 0 atom stereocenters. The predicted molar refractivity (Wildman–Crippen MR) is 68.4 cm³/mol. The first-order valence-electron chi connectivity index (χ1n) is 6.12. The number of aliphatic carboxylic acids is 1. The molecule has 0 aliphatic heterocycles. The van der Waals surface area contributed by atoms with Gasteiger partial charge in [0.05, 0.1) is 6.10 Å². The highest BCUT2D eigenvalue weighted by atomic mass is 19.4. The molecule has 1 rings (SSSR count). The van der Waals surface area contributed by atoms with E-state index in [1.165, 1.54) is 6.07 Å². The molecule has 1 N–H and O–H groups in total. The fourth-order valence-corrected chi connectivity index (χ4v) is 1.54. The summed E-state index contributed by atoms with van der Waals surface area (Å²) < 4.78 is 42.9. The van der Waals surface area contributed by atoms with Gasteiger partial charge in [0.2, 0.25) is 11.8 Å². The van der Waals surface area contributed by atoms with Crippen molar-refractivity contribution >= 4 is 11.9 Å². The molecule has 0 aliphatic rings. The predicted octanol–water partition coefficient (Wildman–Crippen LogP) is 2.03. The molecule has 9 heteroatoms. The second-order valence-corrected chi connectivity index (χ2v) is 4.68. The molecule has 0 amide bonds. The van der Waals surface area contributed by atoms with Crippen LogP contribution >= 0.6 is 0 Å². The van der Waals surface area contributed by atoms with E-state index in [1.807, 2.05) is 0 Å². The van der Waals surface area contributed by atoms with Gasteiger partial charge in [0.1, 0.15) is 13.1 Å². The van der Waals surface area contributed by atoms with E-state index in [4.69, 9.17) is 9.84 Å². The van der Waals surface area contributed by atoms with Crippen molar-refractivity contribution in [1.82, 2.24) is 9.97 Å². The molecule has 0 fully saturated rings. The van der Waals surface area contributed by atoms with Gasteiger partial charge in [-0.05, 0) is 20.8 Å². The zero-order valence-electron chi connectivity index (χ0n) is 11.8. The van der Waals surface area contributed by atoms with E-state index in [2.05, 4.69) is 9.97 Å². The van der Waals surface area contributed by atoms with E-state index in [0.717, 1.165) is 0 Å². The van der Waals surface area contributed by atoms with Crippen LogP contribution < -0.4 is 9.64 Å². The Morgan fingerprint density at radius 2 is 2.05 bits per heavy atom. The Morgan fingerprint density at radius 1 is 1.43 bits per heavy atom. The fourth-order valence-electron chi connectivity index (χ4n) is 1.54. The van der Waals surface area contributed by atoms with E-state index in [1.54, 1.807) is 20.8 Å². The summed E-state index contributed by atoms with van der Waals surface area (Å²) >= 11 is 0. The Hall–Kier alpha value is -2.06. The highest BCUT2D eigenvalue weighted by Crippen LogP contribution is 2.22. The molecule has 0 aliphatic carbocycles. The molecular weight excluding hydrogens is 291 g/mol. The molecule has 21 heavy (non-hydrogen) atoms. The number of carboxylic acid groups (broad SMARTS) is 1. The van der Waals surface area contributed by atoms with Crippen LogP contribution in [0, 0.1) is 6.92 Å². The van der Waals surface area contributed by atoms with Crippen LogP contribution in [0.5, 0.6) is 5.88 Å². The molecule has 118 valence electrons. The first kappa shape index (κ1) is 17.0. The minimum Gasteiger partial charge on any atom is -0.480 e. The number of carbonyl (C=O) groups is 1. The van der Waals surface area contributed by atoms with Gasteiger partial charge in [-0.2, -0.15) is 18.2 Å². The van der Waals surface area contributed by atoms with Crippen LogP contribution in [0.4, 0.5) is 19.1 Å². The molecule has 0 radical (unpaired) electrons. The van der Waals surface area contributed by atoms with Gasteiger partial charge in [0, 0.05) is 11.8 Å². The van der Waals surface area contributed by atoms with E-state index < -0.39 is 25.2 Å². The maximum absolute atomic E-state index is 12.5. The highest BCUT2D eigenvalue weighted by molar-refractivity contribution is 5.72. The molecular formula is C12H16F3N3O3. The zero-order chi connectivity index (χ0) is 16.2. The summed E-state index contributed by atoms with van der Waals surface area (Å²) in [6.07, 6.45) is -4.79. The average molecular weight is 307 g/mol. The zero-order valence-corrected chi connectivity index (χ0v) is 11.8. The summed E-state index contributed by atoms with van der Waals surface area (Å²) in [5.74, 6) is -1.63. The van der Waals surface area contributed by atoms with Crippen LogP contribution in [-0.2, 0) is 4.79 Å². The standard InChI is InChI=1S/C12H16F3N3O3/c1-7(2)21-9-4-8(3)16-11(17-9)18(5-10(19)20)6-12(13,14)15/h4,7H,5-6H2,1-3H3,(H,19,20). The number of aromatic nitrogens is 2. The maximum Gasteiger partial charge on any atom is 0.406 e. The number of anilines is 1. The number of halogens is 3. The van der Waals surface area contributed by atoms with Crippen LogP contribution in [-0.4, -0.2) is 46.4 Å². The summed E-state index contributed by atoms with van der Waals surface area (Å²) in [5, 5.41) is 8.73. The van der Waals surface area contributed by atoms with Gasteiger partial charge in [-0.15, -0.1) is 0 Å². The third-order valence-corrected chi connectivity index (χ3v) is 2.15. The van der Waals surface area contributed by atoms with Crippen molar-refractivity contribution in [1.29, 1.82) is 0 Å². The van der Waals surface area contributed by atoms with E-state index in [0.29, 0.717) is 10.6 Å². The molecule has 1 aromatic rings.